The molecular weight excluding hydrogens is 394 g/mol. The fraction of sp³-hybridized carbons (Fsp3) is 0.391. The number of piperidine rings is 1. The third kappa shape index (κ3) is 4.52. The highest BCUT2D eigenvalue weighted by atomic mass is 16.5. The molecule has 1 unspecified atom stereocenters. The van der Waals surface area contributed by atoms with Crippen LogP contribution in [0.4, 0.5) is 0 Å². The molecule has 0 saturated carbocycles. The zero-order chi connectivity index (χ0) is 21.8. The van der Waals surface area contributed by atoms with Gasteiger partial charge in [-0.25, -0.2) is 9.97 Å². The van der Waals surface area contributed by atoms with Crippen molar-refractivity contribution in [2.24, 2.45) is 7.05 Å². The summed E-state index contributed by atoms with van der Waals surface area (Å²) in [5.41, 5.74) is 3.16. The Labute approximate surface area is 181 Å². The quantitative estimate of drug-likeness (QED) is 0.608. The van der Waals surface area contributed by atoms with E-state index in [-0.39, 0.29) is 12.0 Å². The molecule has 162 valence electrons. The Morgan fingerprint density at radius 1 is 1.23 bits per heavy atom. The van der Waals surface area contributed by atoms with Crippen molar-refractivity contribution in [3.8, 4) is 23.0 Å². The number of methoxy groups -OCH3 is 1. The van der Waals surface area contributed by atoms with Crippen LogP contribution in [0.1, 0.15) is 35.8 Å². The number of benzene rings is 1. The number of carbonyl (C=O) groups excluding carboxylic acids is 1. The van der Waals surface area contributed by atoms with Gasteiger partial charge in [-0.1, -0.05) is 19.1 Å². The molecule has 0 N–H and O–H groups in total. The van der Waals surface area contributed by atoms with Crippen LogP contribution in [0.3, 0.4) is 0 Å². The summed E-state index contributed by atoms with van der Waals surface area (Å²) in [6, 6.07) is 9.82. The van der Waals surface area contributed by atoms with E-state index in [9.17, 15) is 4.79 Å². The summed E-state index contributed by atoms with van der Waals surface area (Å²) >= 11 is 0. The number of hydrogen-bond acceptors (Lipinski definition) is 6. The van der Waals surface area contributed by atoms with Crippen LogP contribution >= 0.6 is 0 Å². The first kappa shape index (κ1) is 20.8. The van der Waals surface area contributed by atoms with E-state index in [0.29, 0.717) is 30.5 Å². The van der Waals surface area contributed by atoms with Gasteiger partial charge in [-0.15, -0.1) is 0 Å². The topological polar surface area (TPSA) is 82.4 Å². The Kier molecular flexibility index (Phi) is 6.16. The Bertz CT molecular complexity index is 1050. The predicted molar refractivity (Wildman–Crippen MR) is 116 cm³/mol. The van der Waals surface area contributed by atoms with E-state index in [4.69, 9.17) is 9.47 Å². The first-order valence-electron chi connectivity index (χ1n) is 10.5. The van der Waals surface area contributed by atoms with Gasteiger partial charge in [-0.05, 0) is 43.0 Å². The molecule has 0 bridgehead atoms. The minimum absolute atomic E-state index is 0.0632. The first-order valence-corrected chi connectivity index (χ1v) is 10.5. The number of ether oxygens (including phenoxy) is 2. The van der Waals surface area contributed by atoms with Crippen LogP contribution in [-0.2, 0) is 13.5 Å². The van der Waals surface area contributed by atoms with Crippen molar-refractivity contribution in [3.63, 3.8) is 0 Å². The van der Waals surface area contributed by atoms with Crippen LogP contribution in [0.5, 0.6) is 11.8 Å². The smallest absolute Gasteiger partial charge is 0.316 e. The average Bonchev–Trinajstić information content (AvgIpc) is 3.20. The molecule has 3 aromatic rings. The second kappa shape index (κ2) is 9.16. The molecule has 1 fully saturated rings. The third-order valence-electron chi connectivity index (χ3n) is 5.51. The summed E-state index contributed by atoms with van der Waals surface area (Å²) in [6.07, 6.45) is 6.04. The number of aromatic nitrogens is 4. The molecule has 1 aliphatic heterocycles. The maximum Gasteiger partial charge on any atom is 0.316 e. The second-order valence-electron chi connectivity index (χ2n) is 7.60. The summed E-state index contributed by atoms with van der Waals surface area (Å²) in [5.74, 6) is 0.659. The largest absolute Gasteiger partial charge is 0.496 e. The van der Waals surface area contributed by atoms with Gasteiger partial charge in [-0.3, -0.25) is 9.48 Å². The molecule has 0 spiro atoms. The number of nitrogens with zero attached hydrogens (tertiary/aromatic N) is 5. The lowest BCUT2D eigenvalue weighted by Crippen LogP contribution is -2.45. The number of aryl methyl sites for hydroxylation is 2. The molecule has 8 nitrogen and oxygen atoms in total. The van der Waals surface area contributed by atoms with E-state index < -0.39 is 0 Å². The first-order chi connectivity index (χ1) is 15.1. The van der Waals surface area contributed by atoms with Gasteiger partial charge in [0.1, 0.15) is 17.5 Å². The van der Waals surface area contributed by atoms with E-state index in [1.807, 2.05) is 35.2 Å². The Balaban J connectivity index is 1.48. The third-order valence-corrected chi connectivity index (χ3v) is 5.51. The van der Waals surface area contributed by atoms with Crippen LogP contribution in [0.2, 0.25) is 0 Å². The van der Waals surface area contributed by atoms with Crippen LogP contribution < -0.4 is 9.47 Å². The molecule has 0 radical (unpaired) electrons. The molecule has 0 aliphatic carbocycles. The zero-order valence-electron chi connectivity index (χ0n) is 18.1. The number of carbonyl (C=O) groups is 1. The maximum absolute atomic E-state index is 13.2. The fourth-order valence-electron chi connectivity index (χ4n) is 3.77. The number of rotatable bonds is 6. The summed E-state index contributed by atoms with van der Waals surface area (Å²) in [7, 11) is 3.41. The average molecular weight is 422 g/mol. The lowest BCUT2D eigenvalue weighted by Gasteiger charge is -2.32. The highest BCUT2D eigenvalue weighted by Gasteiger charge is 2.28. The standard InChI is InChI=1S/C23H27N5O3/c1-4-16-13-24-23(25-14-16)31-17-8-7-11-28(15-17)22(29)20-12-19(26-27(20)2)18-9-5-6-10-21(18)30-3/h5-6,9-10,12-14,17H,4,7-8,11,15H2,1-3H3. The molecule has 1 atom stereocenters. The number of likely N-dealkylation sites (tertiary alicyclic amines) is 1. The minimum atomic E-state index is -0.132. The van der Waals surface area contributed by atoms with Gasteiger partial charge in [0.2, 0.25) is 0 Å². The lowest BCUT2D eigenvalue weighted by molar-refractivity contribution is 0.0506. The van der Waals surface area contributed by atoms with Crippen molar-refractivity contribution in [3.05, 3.63) is 54.0 Å². The molecule has 3 heterocycles. The van der Waals surface area contributed by atoms with Gasteiger partial charge in [0.05, 0.1) is 19.3 Å². The minimum Gasteiger partial charge on any atom is -0.496 e. The molecule has 1 amide bonds. The van der Waals surface area contributed by atoms with Crippen molar-refractivity contribution in [1.29, 1.82) is 0 Å². The highest BCUT2D eigenvalue weighted by Crippen LogP contribution is 2.29. The van der Waals surface area contributed by atoms with E-state index in [1.54, 1.807) is 31.2 Å². The zero-order valence-corrected chi connectivity index (χ0v) is 18.1. The Morgan fingerprint density at radius 3 is 2.74 bits per heavy atom. The van der Waals surface area contributed by atoms with E-state index >= 15 is 0 Å². The lowest BCUT2D eigenvalue weighted by atomic mass is 10.1. The summed E-state index contributed by atoms with van der Waals surface area (Å²) in [6.45, 7) is 3.23. The summed E-state index contributed by atoms with van der Waals surface area (Å²) in [5, 5.41) is 4.55. The summed E-state index contributed by atoms with van der Waals surface area (Å²) in [4.78, 5) is 23.6. The number of para-hydroxylation sites is 1. The molecule has 4 rings (SSSR count). The van der Waals surface area contributed by atoms with Crippen LogP contribution in [-0.4, -0.2) is 56.9 Å². The van der Waals surface area contributed by atoms with Crippen molar-refractivity contribution >= 4 is 5.91 Å². The number of hydrogen-bond donors (Lipinski definition) is 0. The number of amides is 1. The SMILES string of the molecule is CCc1cnc(OC2CCCN(C(=O)c3cc(-c4ccccc4OC)nn3C)C2)nc1. The normalized spacial score (nSPS) is 16.2. The van der Waals surface area contributed by atoms with Crippen molar-refractivity contribution in [1.82, 2.24) is 24.6 Å². The van der Waals surface area contributed by atoms with E-state index in [2.05, 4.69) is 22.0 Å². The molecule has 1 saturated heterocycles. The van der Waals surface area contributed by atoms with Crippen molar-refractivity contribution in [2.75, 3.05) is 20.2 Å². The molecule has 1 aromatic carbocycles. The predicted octanol–water partition coefficient (Wildman–Crippen LogP) is 3.13. The van der Waals surface area contributed by atoms with Gasteiger partial charge in [0, 0.05) is 31.5 Å². The molecule has 1 aliphatic rings. The Hall–Kier alpha value is -3.42. The van der Waals surface area contributed by atoms with Gasteiger partial charge >= 0.3 is 6.01 Å². The highest BCUT2D eigenvalue weighted by molar-refractivity contribution is 5.94. The molecular formula is C23H27N5O3. The van der Waals surface area contributed by atoms with Crippen LogP contribution in [0.15, 0.2) is 42.7 Å². The van der Waals surface area contributed by atoms with Gasteiger partial charge in [0.25, 0.3) is 5.91 Å². The van der Waals surface area contributed by atoms with Crippen LogP contribution in [0.25, 0.3) is 11.3 Å². The van der Waals surface area contributed by atoms with Gasteiger partial charge < -0.3 is 14.4 Å². The van der Waals surface area contributed by atoms with Crippen molar-refractivity contribution in [2.45, 2.75) is 32.3 Å². The molecule has 2 aromatic heterocycles. The Morgan fingerprint density at radius 2 is 2.00 bits per heavy atom. The van der Waals surface area contributed by atoms with Gasteiger partial charge in [0.15, 0.2) is 0 Å². The van der Waals surface area contributed by atoms with Crippen LogP contribution in [0, 0.1) is 0 Å². The van der Waals surface area contributed by atoms with Gasteiger partial charge in [-0.2, -0.15) is 5.10 Å². The second-order valence-corrected chi connectivity index (χ2v) is 7.60. The monoisotopic (exact) mass is 421 g/mol. The molecule has 31 heavy (non-hydrogen) atoms. The maximum atomic E-state index is 13.2. The van der Waals surface area contributed by atoms with E-state index in [1.165, 1.54) is 0 Å². The molecule has 8 heteroatoms. The summed E-state index contributed by atoms with van der Waals surface area (Å²) < 4.78 is 13.0. The van der Waals surface area contributed by atoms with E-state index in [0.717, 1.165) is 36.1 Å². The fourth-order valence-corrected chi connectivity index (χ4v) is 3.77. The van der Waals surface area contributed by atoms with Crippen molar-refractivity contribution < 1.29 is 14.3 Å².